The number of hydrogen-bond donors (Lipinski definition) is 1. The molecule has 30 heavy (non-hydrogen) atoms. The quantitative estimate of drug-likeness (QED) is 0.725. The second kappa shape index (κ2) is 7.50. The number of aromatic nitrogens is 2. The highest BCUT2D eigenvalue weighted by Gasteiger charge is 2.24. The van der Waals surface area contributed by atoms with Gasteiger partial charge in [-0.05, 0) is 29.3 Å². The molecule has 5 rings (SSSR count). The molecule has 2 aliphatic heterocycles. The molecule has 152 valence electrons. The fraction of sp³-hybridized carbons (Fsp3) is 0.261. The van der Waals surface area contributed by atoms with E-state index in [2.05, 4.69) is 39.0 Å². The minimum absolute atomic E-state index is 0.125. The number of carbonyl (C=O) groups is 1. The molecule has 4 heterocycles. The van der Waals surface area contributed by atoms with E-state index in [0.717, 1.165) is 36.8 Å². The molecule has 0 bridgehead atoms. The van der Waals surface area contributed by atoms with Crippen molar-refractivity contribution in [2.24, 2.45) is 12.0 Å². The normalized spacial score (nSPS) is 18.4. The van der Waals surface area contributed by atoms with E-state index in [1.165, 1.54) is 28.8 Å². The molecule has 0 saturated heterocycles. The van der Waals surface area contributed by atoms with Crippen LogP contribution in [-0.4, -0.2) is 28.1 Å². The van der Waals surface area contributed by atoms with Gasteiger partial charge in [0, 0.05) is 49.2 Å². The van der Waals surface area contributed by atoms with Gasteiger partial charge in [0.15, 0.2) is 5.78 Å². The molecule has 0 fully saturated rings. The molecule has 0 radical (unpaired) electrons. The molecule has 3 aromatic rings. The standard InChI is InChI=1S/C23H21FN4O2/c1-28-20-6-7-25-12-19(20)18-5-2-14(8-21(18)28)23-22(29)9-17(11-27-23)30-13-16-4-3-15(24)10-26-16/h2-5,8-11,23,25H,6-7,12-13H2,1H3. The highest BCUT2D eigenvalue weighted by molar-refractivity contribution is 6.03. The number of nitrogens with one attached hydrogen (secondary N) is 1. The van der Waals surface area contributed by atoms with Crippen LogP contribution in [0.5, 0.6) is 0 Å². The van der Waals surface area contributed by atoms with Crippen molar-refractivity contribution < 1.29 is 13.9 Å². The Hall–Kier alpha value is -3.32. The Kier molecular flexibility index (Phi) is 4.67. The lowest BCUT2D eigenvalue weighted by molar-refractivity contribution is -0.116. The van der Waals surface area contributed by atoms with E-state index in [1.54, 1.807) is 12.3 Å². The summed E-state index contributed by atoms with van der Waals surface area (Å²) in [5, 5.41) is 4.65. The van der Waals surface area contributed by atoms with E-state index in [1.807, 2.05) is 6.07 Å². The van der Waals surface area contributed by atoms with E-state index < -0.39 is 11.9 Å². The van der Waals surface area contributed by atoms with Gasteiger partial charge in [-0.1, -0.05) is 12.1 Å². The number of allylic oxidation sites excluding steroid dienone is 1. The highest BCUT2D eigenvalue weighted by Crippen LogP contribution is 2.32. The Labute approximate surface area is 173 Å². The van der Waals surface area contributed by atoms with E-state index in [4.69, 9.17) is 4.74 Å². The van der Waals surface area contributed by atoms with Gasteiger partial charge in [-0.25, -0.2) is 4.39 Å². The van der Waals surface area contributed by atoms with Gasteiger partial charge in [0.1, 0.15) is 24.2 Å². The lowest BCUT2D eigenvalue weighted by atomic mass is 9.98. The van der Waals surface area contributed by atoms with Gasteiger partial charge >= 0.3 is 0 Å². The van der Waals surface area contributed by atoms with E-state index in [0.29, 0.717) is 11.5 Å². The summed E-state index contributed by atoms with van der Waals surface area (Å²) in [4.78, 5) is 21.1. The van der Waals surface area contributed by atoms with Gasteiger partial charge in [-0.2, -0.15) is 0 Å². The molecule has 1 unspecified atom stereocenters. The van der Waals surface area contributed by atoms with Gasteiger partial charge in [0.2, 0.25) is 0 Å². The summed E-state index contributed by atoms with van der Waals surface area (Å²) >= 11 is 0. The number of pyridine rings is 1. The van der Waals surface area contributed by atoms with Gasteiger partial charge in [0.05, 0.1) is 18.1 Å². The molecule has 6 nitrogen and oxygen atoms in total. The lowest BCUT2D eigenvalue weighted by Gasteiger charge is -2.16. The molecular formula is C23H21FN4O2. The fourth-order valence-electron chi connectivity index (χ4n) is 4.15. The Balaban J connectivity index is 1.35. The van der Waals surface area contributed by atoms with E-state index >= 15 is 0 Å². The third kappa shape index (κ3) is 3.31. The Bertz CT molecular complexity index is 1190. The molecule has 0 spiro atoms. The van der Waals surface area contributed by atoms with E-state index in [-0.39, 0.29) is 12.4 Å². The van der Waals surface area contributed by atoms with Crippen LogP contribution in [-0.2, 0) is 36.2 Å². The van der Waals surface area contributed by atoms with Crippen LogP contribution in [0, 0.1) is 5.82 Å². The predicted molar refractivity (Wildman–Crippen MR) is 112 cm³/mol. The summed E-state index contributed by atoms with van der Waals surface area (Å²) < 4.78 is 20.8. The summed E-state index contributed by atoms with van der Waals surface area (Å²) in [6.07, 6.45) is 5.17. The summed E-state index contributed by atoms with van der Waals surface area (Å²) in [6.45, 7) is 2.00. The predicted octanol–water partition coefficient (Wildman–Crippen LogP) is 3.15. The zero-order valence-electron chi connectivity index (χ0n) is 16.6. The first kappa shape index (κ1) is 18.7. The number of dihydropyridines is 1. The van der Waals surface area contributed by atoms with E-state index in [9.17, 15) is 9.18 Å². The SMILES string of the molecule is Cn1c2c(c3ccc(C4N=CC(OCc5ccc(F)cn5)=CC4=O)cc31)CNCC2. The first-order valence-electron chi connectivity index (χ1n) is 9.93. The van der Waals surface area contributed by atoms with Crippen molar-refractivity contribution >= 4 is 22.9 Å². The minimum Gasteiger partial charge on any atom is -0.486 e. The van der Waals surface area contributed by atoms with Crippen LogP contribution in [0.4, 0.5) is 4.39 Å². The first-order chi connectivity index (χ1) is 14.6. The van der Waals surface area contributed by atoms with Crippen LogP contribution in [0.3, 0.4) is 0 Å². The maximum absolute atomic E-state index is 12.9. The lowest BCUT2D eigenvalue weighted by Crippen LogP contribution is -2.24. The van der Waals surface area contributed by atoms with Crippen LogP contribution in [0.2, 0.25) is 0 Å². The summed E-state index contributed by atoms with van der Waals surface area (Å²) in [7, 11) is 2.08. The number of carbonyl (C=O) groups excluding carboxylic acids is 1. The van der Waals surface area contributed by atoms with Crippen LogP contribution < -0.4 is 5.32 Å². The number of aliphatic imine (C=N–C) groups is 1. The third-order valence-electron chi connectivity index (χ3n) is 5.70. The number of hydrogen-bond acceptors (Lipinski definition) is 5. The topological polar surface area (TPSA) is 68.5 Å². The van der Waals surface area contributed by atoms with Crippen LogP contribution >= 0.6 is 0 Å². The van der Waals surface area contributed by atoms with Gasteiger partial charge in [-0.3, -0.25) is 14.8 Å². The molecule has 0 aliphatic carbocycles. The monoisotopic (exact) mass is 404 g/mol. The molecule has 1 N–H and O–H groups in total. The molecule has 1 aromatic carbocycles. The zero-order valence-corrected chi connectivity index (χ0v) is 16.6. The molecule has 1 atom stereocenters. The fourth-order valence-corrected chi connectivity index (χ4v) is 4.15. The third-order valence-corrected chi connectivity index (χ3v) is 5.70. The maximum Gasteiger partial charge on any atom is 0.188 e. The number of benzene rings is 1. The number of halogens is 1. The molecule has 2 aromatic heterocycles. The van der Waals surface area contributed by atoms with Crippen LogP contribution in [0.15, 0.2) is 53.4 Å². The molecule has 2 aliphatic rings. The molecule has 0 saturated carbocycles. The molecule has 0 amide bonds. The molecule has 7 heteroatoms. The second-order valence-corrected chi connectivity index (χ2v) is 7.57. The summed E-state index contributed by atoms with van der Waals surface area (Å²) in [5.41, 5.74) is 5.26. The van der Waals surface area contributed by atoms with Gasteiger partial charge in [0.25, 0.3) is 0 Å². The van der Waals surface area contributed by atoms with Crippen molar-refractivity contribution in [1.29, 1.82) is 0 Å². The largest absolute Gasteiger partial charge is 0.486 e. The Morgan fingerprint density at radius 2 is 2.20 bits per heavy atom. The van der Waals surface area contributed by atoms with Crippen LogP contribution in [0.25, 0.3) is 10.9 Å². The van der Waals surface area contributed by atoms with Crippen molar-refractivity contribution in [3.8, 4) is 0 Å². The van der Waals surface area contributed by atoms with Crippen LogP contribution in [0.1, 0.15) is 28.6 Å². The maximum atomic E-state index is 12.9. The average Bonchev–Trinajstić information content (AvgIpc) is 3.05. The highest BCUT2D eigenvalue weighted by atomic mass is 19.1. The summed E-state index contributed by atoms with van der Waals surface area (Å²) in [5.74, 6) is -0.147. The Morgan fingerprint density at radius 1 is 1.30 bits per heavy atom. The van der Waals surface area contributed by atoms with Crippen molar-refractivity contribution in [2.45, 2.75) is 25.6 Å². The number of ketones is 1. The number of aryl methyl sites for hydroxylation is 1. The van der Waals surface area contributed by atoms with Crippen molar-refractivity contribution in [3.63, 3.8) is 0 Å². The number of ether oxygens (including phenoxy) is 1. The number of nitrogens with zero attached hydrogens (tertiary/aromatic N) is 3. The van der Waals surface area contributed by atoms with Crippen molar-refractivity contribution in [1.82, 2.24) is 14.9 Å². The van der Waals surface area contributed by atoms with Crippen molar-refractivity contribution in [2.75, 3.05) is 6.54 Å². The first-order valence-corrected chi connectivity index (χ1v) is 9.93. The van der Waals surface area contributed by atoms with Gasteiger partial charge in [-0.15, -0.1) is 0 Å². The molecular weight excluding hydrogens is 383 g/mol. The summed E-state index contributed by atoms with van der Waals surface area (Å²) in [6, 6.07) is 8.44. The van der Waals surface area contributed by atoms with Crippen molar-refractivity contribution in [3.05, 3.63) is 76.7 Å². The Morgan fingerprint density at radius 3 is 3.00 bits per heavy atom. The van der Waals surface area contributed by atoms with Gasteiger partial charge < -0.3 is 14.6 Å². The zero-order chi connectivity index (χ0) is 20.7. The second-order valence-electron chi connectivity index (χ2n) is 7.57. The number of rotatable bonds is 4. The smallest absolute Gasteiger partial charge is 0.188 e. The number of fused-ring (bicyclic) bond motifs is 3. The minimum atomic E-state index is -0.573. The average molecular weight is 404 g/mol.